The average Bonchev–Trinajstić information content (AvgIpc) is 2.36. The summed E-state index contributed by atoms with van der Waals surface area (Å²) in [4.78, 5) is 17.8. The van der Waals surface area contributed by atoms with E-state index < -0.39 is 0 Å². The molecule has 0 saturated carbocycles. The first-order valence-electron chi connectivity index (χ1n) is 5.26. The summed E-state index contributed by atoms with van der Waals surface area (Å²) in [6.45, 7) is 0. The molecule has 0 bridgehead atoms. The van der Waals surface area contributed by atoms with Crippen LogP contribution in [0.15, 0.2) is 34.2 Å². The third-order valence-corrected chi connectivity index (χ3v) is 3.56. The van der Waals surface area contributed by atoms with Crippen LogP contribution in [0.4, 0.5) is 5.82 Å². The lowest BCUT2D eigenvalue weighted by atomic mass is 10.2. The van der Waals surface area contributed by atoms with Gasteiger partial charge in [0.2, 0.25) is 0 Å². The number of rotatable bonds is 3. The summed E-state index contributed by atoms with van der Waals surface area (Å²) >= 11 is 7.37. The Morgan fingerprint density at radius 3 is 2.89 bits per heavy atom. The van der Waals surface area contributed by atoms with Crippen LogP contribution in [0.3, 0.4) is 0 Å². The second kappa shape index (κ2) is 5.78. The smallest absolute Gasteiger partial charge is 0.253 e. The number of aromatic amines is 1. The van der Waals surface area contributed by atoms with Gasteiger partial charge in [-0.1, -0.05) is 29.4 Å². The quantitative estimate of drug-likeness (QED) is 0.667. The number of H-pyrrole nitrogens is 1. The lowest BCUT2D eigenvalue weighted by Gasteiger charge is -2.04. The van der Waals surface area contributed by atoms with Gasteiger partial charge >= 0.3 is 0 Å². The van der Waals surface area contributed by atoms with Crippen molar-refractivity contribution in [2.45, 2.75) is 10.9 Å². The Morgan fingerprint density at radius 2 is 2.26 bits per heavy atom. The van der Waals surface area contributed by atoms with Crippen LogP contribution in [0.25, 0.3) is 0 Å². The molecule has 0 atom stereocenters. The number of thioether (sulfide) groups is 1. The second-order valence-corrected chi connectivity index (χ2v) is 5.05. The highest BCUT2D eigenvalue weighted by Gasteiger charge is 2.05. The van der Waals surface area contributed by atoms with E-state index in [0.29, 0.717) is 21.5 Å². The standard InChI is InChI=1S/C12H9ClN4OS/c13-9-3-7(5-14)1-2-8(9)6-19-12-16-10(15)4-11(18)17-12/h1-4H,6H2,(H3,15,16,17,18). The third kappa shape index (κ3) is 3.50. The van der Waals surface area contributed by atoms with Crippen LogP contribution >= 0.6 is 23.4 Å². The Kier molecular flexibility index (Phi) is 4.10. The summed E-state index contributed by atoms with van der Waals surface area (Å²) in [5.41, 5.74) is 6.56. The summed E-state index contributed by atoms with van der Waals surface area (Å²) in [7, 11) is 0. The van der Waals surface area contributed by atoms with E-state index >= 15 is 0 Å². The molecule has 96 valence electrons. The van der Waals surface area contributed by atoms with E-state index in [9.17, 15) is 4.79 Å². The average molecular weight is 293 g/mol. The van der Waals surface area contributed by atoms with Gasteiger partial charge in [-0.3, -0.25) is 4.79 Å². The van der Waals surface area contributed by atoms with Crippen LogP contribution in [-0.4, -0.2) is 9.97 Å². The van der Waals surface area contributed by atoms with E-state index in [-0.39, 0.29) is 11.4 Å². The molecule has 0 aliphatic carbocycles. The lowest BCUT2D eigenvalue weighted by molar-refractivity contribution is 0.945. The maximum Gasteiger partial charge on any atom is 0.253 e. The van der Waals surface area contributed by atoms with Crippen molar-refractivity contribution in [3.8, 4) is 6.07 Å². The van der Waals surface area contributed by atoms with Gasteiger partial charge in [-0.2, -0.15) is 5.26 Å². The molecule has 0 spiro atoms. The van der Waals surface area contributed by atoms with Gasteiger partial charge < -0.3 is 10.7 Å². The molecular weight excluding hydrogens is 284 g/mol. The van der Waals surface area contributed by atoms with Gasteiger partial charge in [-0.25, -0.2) is 4.98 Å². The maximum absolute atomic E-state index is 11.2. The number of nitrogens with one attached hydrogen (secondary N) is 1. The van der Waals surface area contributed by atoms with Gasteiger partial charge in [-0.15, -0.1) is 0 Å². The second-order valence-electron chi connectivity index (χ2n) is 3.68. The van der Waals surface area contributed by atoms with Crippen LogP contribution in [-0.2, 0) is 5.75 Å². The zero-order valence-electron chi connectivity index (χ0n) is 9.68. The number of nitrogen functional groups attached to an aromatic ring is 1. The van der Waals surface area contributed by atoms with Crippen molar-refractivity contribution in [3.05, 3.63) is 50.8 Å². The Labute approximate surface area is 118 Å². The minimum Gasteiger partial charge on any atom is -0.383 e. The molecule has 0 radical (unpaired) electrons. The number of halogens is 1. The molecular formula is C12H9ClN4OS. The molecule has 2 rings (SSSR count). The number of nitrogens with zero attached hydrogens (tertiary/aromatic N) is 2. The third-order valence-electron chi connectivity index (χ3n) is 2.29. The number of nitriles is 1. The molecule has 3 N–H and O–H groups in total. The molecule has 0 saturated heterocycles. The van der Waals surface area contributed by atoms with Crippen molar-refractivity contribution in [1.82, 2.24) is 9.97 Å². The molecule has 1 aromatic carbocycles. The van der Waals surface area contributed by atoms with Crippen LogP contribution in [0.5, 0.6) is 0 Å². The van der Waals surface area contributed by atoms with Crippen LogP contribution in [0, 0.1) is 11.3 Å². The normalized spacial score (nSPS) is 10.1. The summed E-state index contributed by atoms with van der Waals surface area (Å²) in [5, 5.41) is 9.69. The van der Waals surface area contributed by atoms with Crippen molar-refractivity contribution in [3.63, 3.8) is 0 Å². The Morgan fingerprint density at radius 1 is 1.47 bits per heavy atom. The highest BCUT2D eigenvalue weighted by atomic mass is 35.5. The van der Waals surface area contributed by atoms with E-state index in [2.05, 4.69) is 9.97 Å². The summed E-state index contributed by atoms with van der Waals surface area (Å²) < 4.78 is 0. The summed E-state index contributed by atoms with van der Waals surface area (Å²) in [6, 6.07) is 8.31. The SMILES string of the molecule is N#Cc1ccc(CSc2nc(N)cc(=O)[nH]2)c(Cl)c1. The molecule has 19 heavy (non-hydrogen) atoms. The topological polar surface area (TPSA) is 95.6 Å². The number of nitrogens with two attached hydrogens (primary N) is 1. The van der Waals surface area contributed by atoms with Crippen LogP contribution in [0.1, 0.15) is 11.1 Å². The molecule has 1 heterocycles. The van der Waals surface area contributed by atoms with Crippen molar-refractivity contribution < 1.29 is 0 Å². The van der Waals surface area contributed by atoms with Crippen molar-refractivity contribution in [1.29, 1.82) is 5.26 Å². The minimum absolute atomic E-state index is 0.178. The van der Waals surface area contributed by atoms with E-state index in [0.717, 1.165) is 5.56 Å². The molecule has 7 heteroatoms. The predicted molar refractivity (Wildman–Crippen MR) is 75.0 cm³/mol. The van der Waals surface area contributed by atoms with Gasteiger partial charge in [0.1, 0.15) is 5.82 Å². The first-order chi connectivity index (χ1) is 9.08. The molecule has 5 nitrogen and oxygen atoms in total. The lowest BCUT2D eigenvalue weighted by Crippen LogP contribution is -2.09. The molecule has 0 unspecified atom stereocenters. The molecule has 1 aromatic heterocycles. The fourth-order valence-corrected chi connectivity index (χ4v) is 2.61. The summed E-state index contributed by atoms with van der Waals surface area (Å²) in [5.74, 6) is 0.703. The van der Waals surface area contributed by atoms with Gasteiger partial charge in [0, 0.05) is 16.8 Å². The van der Waals surface area contributed by atoms with Crippen molar-refractivity contribution in [2.24, 2.45) is 0 Å². The van der Waals surface area contributed by atoms with E-state index in [1.165, 1.54) is 17.8 Å². The zero-order chi connectivity index (χ0) is 13.8. The number of anilines is 1. The maximum atomic E-state index is 11.2. The largest absolute Gasteiger partial charge is 0.383 e. The zero-order valence-corrected chi connectivity index (χ0v) is 11.3. The highest BCUT2D eigenvalue weighted by molar-refractivity contribution is 7.98. The first kappa shape index (κ1) is 13.5. The Hall–Kier alpha value is -1.97. The Bertz CT molecular complexity index is 708. The minimum atomic E-state index is -0.291. The molecule has 0 fully saturated rings. The first-order valence-corrected chi connectivity index (χ1v) is 6.63. The Balaban J connectivity index is 2.15. The summed E-state index contributed by atoms with van der Waals surface area (Å²) in [6.07, 6.45) is 0. The number of hydrogen-bond donors (Lipinski definition) is 2. The highest BCUT2D eigenvalue weighted by Crippen LogP contribution is 2.25. The fraction of sp³-hybridized carbons (Fsp3) is 0.0833. The van der Waals surface area contributed by atoms with Crippen LogP contribution in [0.2, 0.25) is 5.02 Å². The van der Waals surface area contributed by atoms with Gasteiger partial charge in [0.25, 0.3) is 5.56 Å². The van der Waals surface area contributed by atoms with Gasteiger partial charge in [-0.05, 0) is 17.7 Å². The van der Waals surface area contributed by atoms with Crippen LogP contribution < -0.4 is 11.3 Å². The number of hydrogen-bond acceptors (Lipinski definition) is 5. The van der Waals surface area contributed by atoms with Gasteiger partial charge in [0.05, 0.1) is 11.6 Å². The van der Waals surface area contributed by atoms with E-state index in [1.807, 2.05) is 6.07 Å². The fourth-order valence-electron chi connectivity index (χ4n) is 1.40. The van der Waals surface area contributed by atoms with Crippen molar-refractivity contribution in [2.75, 3.05) is 5.73 Å². The van der Waals surface area contributed by atoms with Gasteiger partial charge in [0.15, 0.2) is 5.16 Å². The number of aromatic nitrogens is 2. The monoisotopic (exact) mass is 292 g/mol. The van der Waals surface area contributed by atoms with E-state index in [1.54, 1.807) is 18.2 Å². The van der Waals surface area contributed by atoms with E-state index in [4.69, 9.17) is 22.6 Å². The van der Waals surface area contributed by atoms with Crippen molar-refractivity contribution >= 4 is 29.2 Å². The molecule has 0 aliphatic rings. The molecule has 0 amide bonds. The predicted octanol–water partition coefficient (Wildman–Crippen LogP) is 2.17. The number of benzene rings is 1. The molecule has 2 aromatic rings. The molecule has 0 aliphatic heterocycles.